The molecule has 6 heteroatoms. The van der Waals surface area contributed by atoms with Crippen LogP contribution in [0.5, 0.6) is 5.75 Å². The molecule has 20 heavy (non-hydrogen) atoms. The summed E-state index contributed by atoms with van der Waals surface area (Å²) >= 11 is 5.86. The molecule has 0 heterocycles. The molecule has 0 aromatic heterocycles. The van der Waals surface area contributed by atoms with Crippen molar-refractivity contribution in [1.29, 1.82) is 0 Å². The van der Waals surface area contributed by atoms with E-state index in [1.165, 1.54) is 0 Å². The zero-order chi connectivity index (χ0) is 13.9. The average molecular weight is 319 g/mol. The van der Waals surface area contributed by atoms with Gasteiger partial charge in [-0.05, 0) is 37.5 Å². The molecular formula is C14H20Cl2N2O2. The smallest absolute Gasteiger partial charge is 0.242 e. The predicted molar refractivity (Wildman–Crippen MR) is 82.6 cm³/mol. The molecule has 0 aliphatic heterocycles. The Bertz CT molecular complexity index is 464. The number of rotatable bonds is 5. The van der Waals surface area contributed by atoms with Gasteiger partial charge < -0.3 is 15.4 Å². The normalized spacial score (nSPS) is 15.8. The molecule has 0 saturated heterocycles. The summed E-state index contributed by atoms with van der Waals surface area (Å²) in [5, 5.41) is 0.636. The van der Waals surface area contributed by atoms with E-state index >= 15 is 0 Å². The molecule has 1 fully saturated rings. The summed E-state index contributed by atoms with van der Waals surface area (Å²) in [5.41, 5.74) is 5.37. The second-order valence-electron chi connectivity index (χ2n) is 5.04. The maximum Gasteiger partial charge on any atom is 0.242 e. The second kappa shape index (κ2) is 7.16. The van der Waals surface area contributed by atoms with Crippen LogP contribution in [-0.4, -0.2) is 36.5 Å². The Kier molecular flexibility index (Phi) is 6.11. The van der Waals surface area contributed by atoms with E-state index in [9.17, 15) is 4.79 Å². The van der Waals surface area contributed by atoms with E-state index < -0.39 is 5.54 Å². The first kappa shape index (κ1) is 17.1. The molecule has 2 rings (SSSR count). The third kappa shape index (κ3) is 4.01. The minimum absolute atomic E-state index is 0. The van der Waals surface area contributed by atoms with E-state index in [4.69, 9.17) is 22.1 Å². The highest BCUT2D eigenvalue weighted by atomic mass is 35.5. The standard InChI is InChI=1S/C14H19ClN2O2.ClH/c1-17(13(18)14(16)6-3-7-14)8-9-19-12-5-2-4-11(15)10-12;/h2,4-5,10H,3,6-9,16H2,1H3;1H. The van der Waals surface area contributed by atoms with Crippen LogP contribution in [0.15, 0.2) is 24.3 Å². The van der Waals surface area contributed by atoms with Crippen LogP contribution >= 0.6 is 24.0 Å². The molecule has 1 amide bonds. The second-order valence-corrected chi connectivity index (χ2v) is 5.48. The number of nitrogens with zero attached hydrogens (tertiary/aromatic N) is 1. The Morgan fingerprint density at radius 3 is 2.75 bits per heavy atom. The van der Waals surface area contributed by atoms with Crippen molar-refractivity contribution in [1.82, 2.24) is 4.90 Å². The van der Waals surface area contributed by atoms with E-state index in [0.717, 1.165) is 19.3 Å². The van der Waals surface area contributed by atoms with Gasteiger partial charge in [-0.3, -0.25) is 4.79 Å². The third-order valence-corrected chi connectivity index (χ3v) is 3.75. The number of benzene rings is 1. The number of hydrogen-bond acceptors (Lipinski definition) is 3. The van der Waals surface area contributed by atoms with Crippen LogP contribution in [0.4, 0.5) is 0 Å². The van der Waals surface area contributed by atoms with Gasteiger partial charge in [0.15, 0.2) is 0 Å². The lowest BCUT2D eigenvalue weighted by Crippen LogP contribution is -2.59. The van der Waals surface area contributed by atoms with Crippen molar-refractivity contribution >= 4 is 29.9 Å². The summed E-state index contributed by atoms with van der Waals surface area (Å²) in [5.74, 6) is 0.716. The fourth-order valence-electron chi connectivity index (χ4n) is 2.11. The number of amides is 1. The number of carbonyl (C=O) groups is 1. The van der Waals surface area contributed by atoms with Gasteiger partial charge in [0.05, 0.1) is 12.1 Å². The quantitative estimate of drug-likeness (QED) is 0.907. The third-order valence-electron chi connectivity index (χ3n) is 3.51. The summed E-state index contributed by atoms with van der Waals surface area (Å²) in [6, 6.07) is 7.21. The van der Waals surface area contributed by atoms with Crippen molar-refractivity contribution in [2.24, 2.45) is 5.73 Å². The molecule has 2 N–H and O–H groups in total. The van der Waals surface area contributed by atoms with E-state index in [-0.39, 0.29) is 18.3 Å². The molecule has 0 unspecified atom stereocenters. The molecule has 1 aromatic rings. The maximum absolute atomic E-state index is 12.1. The summed E-state index contributed by atoms with van der Waals surface area (Å²) in [6.07, 6.45) is 2.60. The summed E-state index contributed by atoms with van der Waals surface area (Å²) in [4.78, 5) is 13.7. The predicted octanol–water partition coefficient (Wildman–Crippen LogP) is 2.48. The highest BCUT2D eigenvalue weighted by molar-refractivity contribution is 6.30. The molecule has 1 aliphatic carbocycles. The van der Waals surface area contributed by atoms with Crippen LogP contribution in [0.2, 0.25) is 5.02 Å². The minimum Gasteiger partial charge on any atom is -0.492 e. The molecule has 0 bridgehead atoms. The van der Waals surface area contributed by atoms with Crippen molar-refractivity contribution in [3.05, 3.63) is 29.3 Å². The molecule has 4 nitrogen and oxygen atoms in total. The molecule has 0 spiro atoms. The largest absolute Gasteiger partial charge is 0.492 e. The zero-order valence-corrected chi connectivity index (χ0v) is 13.0. The first-order chi connectivity index (χ1) is 9.01. The number of halogens is 2. The van der Waals surface area contributed by atoms with Gasteiger partial charge in [-0.25, -0.2) is 0 Å². The zero-order valence-electron chi connectivity index (χ0n) is 11.5. The topological polar surface area (TPSA) is 55.6 Å². The Labute approximate surface area is 130 Å². The average Bonchev–Trinajstić information content (AvgIpc) is 2.35. The van der Waals surface area contributed by atoms with Crippen molar-refractivity contribution in [3.8, 4) is 5.75 Å². The van der Waals surface area contributed by atoms with Crippen LogP contribution in [0.3, 0.4) is 0 Å². The van der Waals surface area contributed by atoms with Gasteiger partial charge in [-0.15, -0.1) is 12.4 Å². The SMILES string of the molecule is CN(CCOc1cccc(Cl)c1)C(=O)C1(N)CCC1.Cl. The molecular weight excluding hydrogens is 299 g/mol. The van der Waals surface area contributed by atoms with Crippen LogP contribution in [0.1, 0.15) is 19.3 Å². The first-order valence-electron chi connectivity index (χ1n) is 6.44. The van der Waals surface area contributed by atoms with Crippen molar-refractivity contribution < 1.29 is 9.53 Å². The van der Waals surface area contributed by atoms with Gasteiger partial charge in [0.2, 0.25) is 5.91 Å². The number of nitrogens with two attached hydrogens (primary N) is 1. The summed E-state index contributed by atoms with van der Waals surface area (Å²) in [7, 11) is 1.76. The van der Waals surface area contributed by atoms with E-state index in [1.54, 1.807) is 24.1 Å². The van der Waals surface area contributed by atoms with E-state index in [2.05, 4.69) is 0 Å². The van der Waals surface area contributed by atoms with Crippen molar-refractivity contribution in [3.63, 3.8) is 0 Å². The Balaban J connectivity index is 0.00000200. The summed E-state index contributed by atoms with van der Waals surface area (Å²) < 4.78 is 5.55. The molecule has 112 valence electrons. The molecule has 1 aliphatic rings. The maximum atomic E-state index is 12.1. The van der Waals surface area contributed by atoms with Gasteiger partial charge in [0.1, 0.15) is 12.4 Å². The molecule has 1 aromatic carbocycles. The van der Waals surface area contributed by atoms with Gasteiger partial charge in [-0.1, -0.05) is 17.7 Å². The lowest BCUT2D eigenvalue weighted by atomic mass is 9.77. The highest BCUT2D eigenvalue weighted by Crippen LogP contribution is 2.30. The molecule has 0 radical (unpaired) electrons. The Hall–Kier alpha value is -0.970. The van der Waals surface area contributed by atoms with Gasteiger partial charge >= 0.3 is 0 Å². The molecule has 0 atom stereocenters. The lowest BCUT2D eigenvalue weighted by Gasteiger charge is -2.39. The van der Waals surface area contributed by atoms with Crippen LogP contribution in [0, 0.1) is 0 Å². The number of ether oxygens (including phenoxy) is 1. The first-order valence-corrected chi connectivity index (χ1v) is 6.82. The number of carbonyl (C=O) groups excluding carboxylic acids is 1. The highest BCUT2D eigenvalue weighted by Gasteiger charge is 2.41. The number of hydrogen-bond donors (Lipinski definition) is 1. The number of likely N-dealkylation sites (N-methyl/N-ethyl adjacent to an activating group) is 1. The van der Waals surface area contributed by atoms with Crippen LogP contribution in [-0.2, 0) is 4.79 Å². The van der Waals surface area contributed by atoms with Gasteiger partial charge in [0.25, 0.3) is 0 Å². The monoisotopic (exact) mass is 318 g/mol. The van der Waals surface area contributed by atoms with E-state index in [1.807, 2.05) is 12.1 Å². The Morgan fingerprint density at radius 2 is 2.20 bits per heavy atom. The fraction of sp³-hybridized carbons (Fsp3) is 0.500. The van der Waals surface area contributed by atoms with Gasteiger partial charge in [0, 0.05) is 12.1 Å². The fourth-order valence-corrected chi connectivity index (χ4v) is 2.29. The van der Waals surface area contributed by atoms with Crippen LogP contribution < -0.4 is 10.5 Å². The van der Waals surface area contributed by atoms with Gasteiger partial charge in [-0.2, -0.15) is 0 Å². The van der Waals surface area contributed by atoms with Crippen LogP contribution in [0.25, 0.3) is 0 Å². The van der Waals surface area contributed by atoms with Crippen molar-refractivity contribution in [2.45, 2.75) is 24.8 Å². The van der Waals surface area contributed by atoms with E-state index in [0.29, 0.717) is 23.9 Å². The Morgan fingerprint density at radius 1 is 1.50 bits per heavy atom. The molecule has 1 saturated carbocycles. The minimum atomic E-state index is -0.634. The van der Waals surface area contributed by atoms with Crippen molar-refractivity contribution in [2.75, 3.05) is 20.2 Å². The lowest BCUT2D eigenvalue weighted by molar-refractivity contribution is -0.139. The summed E-state index contributed by atoms with van der Waals surface area (Å²) in [6.45, 7) is 0.947.